The molecule has 4 heteroatoms. The van der Waals surface area contributed by atoms with Crippen LogP contribution in [0.3, 0.4) is 0 Å². The average Bonchev–Trinajstić information content (AvgIpc) is 2.64. The molecule has 0 heterocycles. The van der Waals surface area contributed by atoms with Crippen LogP contribution in [0.2, 0.25) is 0 Å². The fourth-order valence-corrected chi connectivity index (χ4v) is 2.66. The molecule has 0 spiro atoms. The van der Waals surface area contributed by atoms with Gasteiger partial charge in [0.1, 0.15) is 0 Å². The summed E-state index contributed by atoms with van der Waals surface area (Å²) in [5.74, 6) is 0.0462. The zero-order valence-electron chi connectivity index (χ0n) is 8.95. The number of hydrogen-bond donors (Lipinski definition) is 2. The lowest BCUT2D eigenvalue weighted by molar-refractivity contribution is -0.120. The van der Waals surface area contributed by atoms with E-state index in [0.29, 0.717) is 0 Å². The number of benzene rings is 1. The maximum absolute atomic E-state index is 11.9. The number of rotatable bonds is 2. The largest absolute Gasteiger partial charge is 0.327 e. The van der Waals surface area contributed by atoms with Crippen LogP contribution in [0.5, 0.6) is 0 Å². The Morgan fingerprint density at radius 2 is 2.25 bits per heavy atom. The average molecular weight is 330 g/mol. The van der Waals surface area contributed by atoms with Crippen molar-refractivity contribution in [3.05, 3.63) is 27.8 Å². The highest BCUT2D eigenvalue weighted by molar-refractivity contribution is 14.1. The summed E-state index contributed by atoms with van der Waals surface area (Å²) in [6, 6.07) is 7.82. The summed E-state index contributed by atoms with van der Waals surface area (Å²) in [7, 11) is 0. The van der Waals surface area contributed by atoms with Gasteiger partial charge in [0.2, 0.25) is 5.91 Å². The summed E-state index contributed by atoms with van der Waals surface area (Å²) in [6.45, 7) is 0. The monoisotopic (exact) mass is 330 g/mol. The summed E-state index contributed by atoms with van der Waals surface area (Å²) in [4.78, 5) is 11.9. The molecular formula is C12H15IN2O. The molecule has 1 saturated carbocycles. The second-order valence-electron chi connectivity index (χ2n) is 4.20. The van der Waals surface area contributed by atoms with Crippen LogP contribution in [0, 0.1) is 9.49 Å². The minimum absolute atomic E-state index is 0.0159. The number of amides is 1. The Bertz CT molecular complexity index is 394. The Morgan fingerprint density at radius 1 is 1.44 bits per heavy atom. The van der Waals surface area contributed by atoms with Crippen LogP contribution in [-0.2, 0) is 4.79 Å². The van der Waals surface area contributed by atoms with Gasteiger partial charge in [-0.2, -0.15) is 0 Å². The lowest BCUT2D eigenvalue weighted by atomic mass is 10.0. The predicted octanol–water partition coefficient (Wildman–Crippen LogP) is 2.36. The Balaban J connectivity index is 2.02. The van der Waals surface area contributed by atoms with Gasteiger partial charge in [-0.25, -0.2) is 0 Å². The van der Waals surface area contributed by atoms with Gasteiger partial charge < -0.3 is 11.1 Å². The molecule has 0 bridgehead atoms. The van der Waals surface area contributed by atoms with Gasteiger partial charge in [-0.1, -0.05) is 12.5 Å². The van der Waals surface area contributed by atoms with Gasteiger partial charge in [0.15, 0.2) is 0 Å². The third kappa shape index (κ3) is 2.74. The van der Waals surface area contributed by atoms with E-state index >= 15 is 0 Å². The molecule has 0 radical (unpaired) electrons. The summed E-state index contributed by atoms with van der Waals surface area (Å²) in [5, 5.41) is 2.93. The minimum atomic E-state index is -0.0159. The molecule has 1 fully saturated rings. The highest BCUT2D eigenvalue weighted by Crippen LogP contribution is 2.25. The number of carbonyl (C=O) groups is 1. The molecular weight excluding hydrogens is 315 g/mol. The minimum Gasteiger partial charge on any atom is -0.327 e. The molecule has 0 aromatic heterocycles. The maximum atomic E-state index is 11.9. The predicted molar refractivity (Wildman–Crippen MR) is 73.1 cm³/mol. The van der Waals surface area contributed by atoms with E-state index in [1.54, 1.807) is 0 Å². The van der Waals surface area contributed by atoms with Crippen molar-refractivity contribution in [3.63, 3.8) is 0 Å². The van der Waals surface area contributed by atoms with Crippen molar-refractivity contribution in [1.29, 1.82) is 0 Å². The Kier molecular flexibility index (Phi) is 3.81. The molecule has 0 aliphatic heterocycles. The van der Waals surface area contributed by atoms with E-state index in [9.17, 15) is 4.79 Å². The molecule has 1 aromatic rings. The second-order valence-corrected chi connectivity index (χ2v) is 5.45. The first-order valence-electron chi connectivity index (χ1n) is 5.49. The fraction of sp³-hybridized carbons (Fsp3) is 0.417. The van der Waals surface area contributed by atoms with Gasteiger partial charge >= 0.3 is 0 Å². The molecule has 1 aromatic carbocycles. The van der Waals surface area contributed by atoms with Gasteiger partial charge in [0, 0.05) is 15.3 Å². The van der Waals surface area contributed by atoms with Gasteiger partial charge in [-0.3, -0.25) is 4.79 Å². The molecule has 1 aliphatic rings. The van der Waals surface area contributed by atoms with Crippen molar-refractivity contribution in [2.24, 2.45) is 11.7 Å². The van der Waals surface area contributed by atoms with Crippen molar-refractivity contribution < 1.29 is 4.79 Å². The standard InChI is InChI=1S/C12H15IN2O/c13-8-3-1-4-9(7-8)15-12(16)10-5-2-6-11(10)14/h1,3-4,7,10-11H,2,5-6,14H2,(H,15,16). The number of carbonyl (C=O) groups excluding carboxylic acids is 1. The van der Waals surface area contributed by atoms with Crippen LogP contribution >= 0.6 is 22.6 Å². The van der Waals surface area contributed by atoms with E-state index in [2.05, 4.69) is 27.9 Å². The molecule has 86 valence electrons. The molecule has 2 atom stereocenters. The van der Waals surface area contributed by atoms with Gasteiger partial charge in [0.25, 0.3) is 0 Å². The molecule has 0 saturated heterocycles. The third-order valence-corrected chi connectivity index (χ3v) is 3.67. The topological polar surface area (TPSA) is 55.1 Å². The zero-order valence-corrected chi connectivity index (χ0v) is 11.1. The van der Waals surface area contributed by atoms with Gasteiger partial charge in [-0.15, -0.1) is 0 Å². The van der Waals surface area contributed by atoms with E-state index in [1.807, 2.05) is 24.3 Å². The van der Waals surface area contributed by atoms with E-state index in [4.69, 9.17) is 5.73 Å². The normalized spacial score (nSPS) is 24.4. The van der Waals surface area contributed by atoms with Crippen LogP contribution in [0.1, 0.15) is 19.3 Å². The van der Waals surface area contributed by atoms with Crippen molar-refractivity contribution in [3.8, 4) is 0 Å². The van der Waals surface area contributed by atoms with Crippen molar-refractivity contribution in [1.82, 2.24) is 0 Å². The quantitative estimate of drug-likeness (QED) is 0.818. The first-order valence-corrected chi connectivity index (χ1v) is 6.57. The number of nitrogens with two attached hydrogens (primary N) is 1. The van der Waals surface area contributed by atoms with Crippen LogP contribution in [0.15, 0.2) is 24.3 Å². The lowest BCUT2D eigenvalue weighted by Crippen LogP contribution is -2.34. The Hall–Kier alpha value is -0.620. The molecule has 2 rings (SSSR count). The highest BCUT2D eigenvalue weighted by atomic mass is 127. The van der Waals surface area contributed by atoms with Crippen LogP contribution in [0.25, 0.3) is 0 Å². The molecule has 3 nitrogen and oxygen atoms in total. The van der Waals surface area contributed by atoms with E-state index < -0.39 is 0 Å². The molecule has 16 heavy (non-hydrogen) atoms. The zero-order chi connectivity index (χ0) is 11.5. The second kappa shape index (κ2) is 5.14. The van der Waals surface area contributed by atoms with Crippen molar-refractivity contribution in [2.45, 2.75) is 25.3 Å². The first-order chi connectivity index (χ1) is 7.66. The third-order valence-electron chi connectivity index (χ3n) is 3.00. The summed E-state index contributed by atoms with van der Waals surface area (Å²) < 4.78 is 1.12. The Morgan fingerprint density at radius 3 is 2.88 bits per heavy atom. The Labute approximate surface area is 109 Å². The maximum Gasteiger partial charge on any atom is 0.229 e. The number of hydrogen-bond acceptors (Lipinski definition) is 2. The number of nitrogens with one attached hydrogen (secondary N) is 1. The highest BCUT2D eigenvalue weighted by Gasteiger charge is 2.30. The SMILES string of the molecule is NC1CCCC1C(=O)Nc1cccc(I)c1. The number of anilines is 1. The smallest absolute Gasteiger partial charge is 0.229 e. The van der Waals surface area contributed by atoms with Crippen molar-refractivity contribution >= 4 is 34.2 Å². The van der Waals surface area contributed by atoms with Crippen LogP contribution in [-0.4, -0.2) is 11.9 Å². The van der Waals surface area contributed by atoms with Crippen molar-refractivity contribution in [2.75, 3.05) is 5.32 Å². The number of halogens is 1. The van der Waals surface area contributed by atoms with E-state index in [-0.39, 0.29) is 17.9 Å². The van der Waals surface area contributed by atoms with E-state index in [1.165, 1.54) is 0 Å². The fourth-order valence-electron chi connectivity index (χ4n) is 2.12. The lowest BCUT2D eigenvalue weighted by Gasteiger charge is -2.15. The van der Waals surface area contributed by atoms with Crippen LogP contribution in [0.4, 0.5) is 5.69 Å². The molecule has 1 amide bonds. The molecule has 2 unspecified atom stereocenters. The summed E-state index contributed by atoms with van der Waals surface area (Å²) >= 11 is 2.23. The summed E-state index contributed by atoms with van der Waals surface area (Å²) in [5.41, 5.74) is 6.76. The molecule has 1 aliphatic carbocycles. The molecule has 3 N–H and O–H groups in total. The van der Waals surface area contributed by atoms with E-state index in [0.717, 1.165) is 28.5 Å². The van der Waals surface area contributed by atoms with Gasteiger partial charge in [0.05, 0.1) is 5.92 Å². The van der Waals surface area contributed by atoms with Gasteiger partial charge in [-0.05, 0) is 53.6 Å². The first kappa shape index (κ1) is 11.9. The van der Waals surface area contributed by atoms with Crippen LogP contribution < -0.4 is 11.1 Å². The summed E-state index contributed by atoms with van der Waals surface area (Å²) in [6.07, 6.45) is 2.94.